The third-order valence-corrected chi connectivity index (χ3v) is 3.54. The third kappa shape index (κ3) is 5.58. The average Bonchev–Trinajstić information content (AvgIpc) is 2.70. The number of alkyl halides is 3. The van der Waals surface area contributed by atoms with Gasteiger partial charge in [0.1, 0.15) is 6.54 Å². The Hall–Kier alpha value is -0.970. The van der Waals surface area contributed by atoms with Crippen molar-refractivity contribution in [3.05, 3.63) is 0 Å². The van der Waals surface area contributed by atoms with Gasteiger partial charge in [0, 0.05) is 11.5 Å². The topological polar surface area (TPSA) is 69.9 Å². The van der Waals surface area contributed by atoms with E-state index in [1.54, 1.807) is 0 Å². The molecule has 11 heteroatoms. The molecule has 0 amide bonds. The van der Waals surface area contributed by atoms with E-state index in [2.05, 4.69) is 20.3 Å². The zero-order chi connectivity index (χ0) is 13.6. The van der Waals surface area contributed by atoms with E-state index < -0.39 is 11.5 Å². The molecule has 1 heterocycles. The van der Waals surface area contributed by atoms with Crippen LogP contribution in [-0.4, -0.2) is 50.3 Å². The minimum absolute atomic E-state index is 0.111. The van der Waals surface area contributed by atoms with Crippen LogP contribution in [0, 0.1) is 0 Å². The lowest BCUT2D eigenvalue weighted by atomic mass is 10.7. The SMILES string of the molecule is COC(=O)Cn1nnnc1SCCSC(F)(F)F. The van der Waals surface area contributed by atoms with Gasteiger partial charge in [0.05, 0.1) is 7.11 Å². The summed E-state index contributed by atoms with van der Waals surface area (Å²) in [4.78, 5) is 11.0. The zero-order valence-electron chi connectivity index (χ0n) is 9.18. The number of carbonyl (C=O) groups is 1. The van der Waals surface area contributed by atoms with Crippen molar-refractivity contribution in [3.8, 4) is 0 Å². The number of carbonyl (C=O) groups excluding carboxylic acids is 1. The average molecular weight is 302 g/mol. The van der Waals surface area contributed by atoms with Crippen molar-refractivity contribution in [2.75, 3.05) is 18.6 Å². The molecule has 0 unspecified atom stereocenters. The fraction of sp³-hybridized carbons (Fsp3) is 0.714. The van der Waals surface area contributed by atoms with Crippen LogP contribution in [0.4, 0.5) is 13.2 Å². The number of hydrogen-bond acceptors (Lipinski definition) is 7. The Balaban J connectivity index is 2.38. The molecule has 1 aromatic heterocycles. The molecule has 0 aliphatic heterocycles. The highest BCUT2D eigenvalue weighted by Crippen LogP contribution is 2.31. The van der Waals surface area contributed by atoms with E-state index in [4.69, 9.17) is 0 Å². The first-order chi connectivity index (χ1) is 8.42. The predicted molar refractivity (Wildman–Crippen MR) is 59.1 cm³/mol. The lowest BCUT2D eigenvalue weighted by Gasteiger charge is -2.05. The molecule has 0 aliphatic carbocycles. The maximum Gasteiger partial charge on any atom is 0.441 e. The summed E-state index contributed by atoms with van der Waals surface area (Å²) in [5.74, 6) is -0.459. The molecule has 0 N–H and O–H groups in total. The number of nitrogens with zero attached hydrogens (tertiary/aromatic N) is 4. The van der Waals surface area contributed by atoms with Gasteiger partial charge in [-0.3, -0.25) is 4.79 Å². The highest BCUT2D eigenvalue weighted by atomic mass is 32.2. The molecular formula is C7H9F3N4O2S2. The number of halogens is 3. The van der Waals surface area contributed by atoms with Crippen LogP contribution in [0.1, 0.15) is 0 Å². The fourth-order valence-corrected chi connectivity index (χ4v) is 2.30. The number of rotatable bonds is 6. The van der Waals surface area contributed by atoms with Crippen LogP contribution in [0.25, 0.3) is 0 Å². The van der Waals surface area contributed by atoms with Gasteiger partial charge in [-0.1, -0.05) is 23.5 Å². The van der Waals surface area contributed by atoms with Crippen LogP contribution in [0.3, 0.4) is 0 Å². The number of tetrazole rings is 1. The van der Waals surface area contributed by atoms with Crippen molar-refractivity contribution in [1.29, 1.82) is 0 Å². The van der Waals surface area contributed by atoms with Gasteiger partial charge in [0.15, 0.2) is 0 Å². The highest BCUT2D eigenvalue weighted by molar-refractivity contribution is 8.03. The first kappa shape index (κ1) is 15.1. The van der Waals surface area contributed by atoms with Crippen molar-refractivity contribution < 1.29 is 22.7 Å². The summed E-state index contributed by atoms with van der Waals surface area (Å²) in [5.41, 5.74) is -4.24. The van der Waals surface area contributed by atoms with Crippen LogP contribution in [0.15, 0.2) is 5.16 Å². The Bertz CT molecular complexity index is 398. The van der Waals surface area contributed by atoms with Gasteiger partial charge in [-0.2, -0.15) is 13.2 Å². The molecule has 6 nitrogen and oxygen atoms in total. The standard InChI is InChI=1S/C7H9F3N4O2S2/c1-16-5(15)4-14-6(11-12-13-14)17-2-3-18-7(8,9)10/h2-4H2,1H3. The Morgan fingerprint density at radius 1 is 1.44 bits per heavy atom. The minimum Gasteiger partial charge on any atom is -0.468 e. The maximum absolute atomic E-state index is 11.9. The van der Waals surface area contributed by atoms with Crippen LogP contribution in [-0.2, 0) is 16.1 Å². The van der Waals surface area contributed by atoms with E-state index >= 15 is 0 Å². The fourth-order valence-electron chi connectivity index (χ4n) is 0.876. The summed E-state index contributed by atoms with van der Waals surface area (Å²) in [7, 11) is 1.22. The molecule has 18 heavy (non-hydrogen) atoms. The van der Waals surface area contributed by atoms with Gasteiger partial charge in [-0.25, -0.2) is 4.68 Å². The smallest absolute Gasteiger partial charge is 0.441 e. The Kier molecular flexibility index (Phi) is 5.72. The minimum atomic E-state index is -4.24. The monoisotopic (exact) mass is 302 g/mol. The summed E-state index contributed by atoms with van der Waals surface area (Å²) in [6, 6.07) is 0. The largest absolute Gasteiger partial charge is 0.468 e. The lowest BCUT2D eigenvalue weighted by molar-refractivity contribution is -0.141. The van der Waals surface area contributed by atoms with Crippen LogP contribution in [0.2, 0.25) is 0 Å². The van der Waals surface area contributed by atoms with Crippen LogP contribution >= 0.6 is 23.5 Å². The van der Waals surface area contributed by atoms with Gasteiger partial charge in [-0.15, -0.1) is 5.10 Å². The predicted octanol–water partition coefficient (Wildman–Crippen LogP) is 1.19. The van der Waals surface area contributed by atoms with Crippen LogP contribution < -0.4 is 0 Å². The van der Waals surface area contributed by atoms with Crippen molar-refractivity contribution in [2.45, 2.75) is 17.2 Å². The second kappa shape index (κ2) is 6.83. The highest BCUT2D eigenvalue weighted by Gasteiger charge is 2.27. The van der Waals surface area contributed by atoms with E-state index in [0.29, 0.717) is 0 Å². The second-order valence-corrected chi connectivity index (χ2v) is 5.06. The van der Waals surface area contributed by atoms with Crippen molar-refractivity contribution in [3.63, 3.8) is 0 Å². The van der Waals surface area contributed by atoms with Crippen molar-refractivity contribution >= 4 is 29.5 Å². The number of ether oxygens (including phenoxy) is 1. The second-order valence-electron chi connectivity index (χ2n) is 2.84. The summed E-state index contributed by atoms with van der Waals surface area (Å²) in [5, 5.41) is 10.8. The van der Waals surface area contributed by atoms with E-state index in [0.717, 1.165) is 11.8 Å². The van der Waals surface area contributed by atoms with Gasteiger partial charge >= 0.3 is 11.5 Å². The molecule has 1 aromatic rings. The molecule has 0 bridgehead atoms. The lowest BCUT2D eigenvalue weighted by Crippen LogP contribution is -2.14. The normalized spacial score (nSPS) is 11.6. The van der Waals surface area contributed by atoms with E-state index in [-0.39, 0.29) is 35.0 Å². The van der Waals surface area contributed by atoms with Crippen molar-refractivity contribution in [1.82, 2.24) is 20.2 Å². The molecule has 102 valence electrons. The first-order valence-electron chi connectivity index (χ1n) is 4.59. The summed E-state index contributed by atoms with van der Waals surface area (Å²) < 4.78 is 41.2. The summed E-state index contributed by atoms with van der Waals surface area (Å²) >= 11 is 0.934. The summed E-state index contributed by atoms with van der Waals surface area (Å²) in [6.45, 7) is -0.168. The van der Waals surface area contributed by atoms with E-state index in [1.807, 2.05) is 0 Å². The Morgan fingerprint density at radius 3 is 2.78 bits per heavy atom. The number of hydrogen-bond donors (Lipinski definition) is 0. The molecule has 0 saturated carbocycles. The number of esters is 1. The van der Waals surface area contributed by atoms with Gasteiger partial charge in [0.25, 0.3) is 0 Å². The molecule has 0 fully saturated rings. The first-order valence-corrected chi connectivity index (χ1v) is 6.56. The van der Waals surface area contributed by atoms with E-state index in [1.165, 1.54) is 11.8 Å². The Labute approximate surface area is 109 Å². The number of thioether (sulfide) groups is 2. The number of aromatic nitrogens is 4. The molecule has 0 atom stereocenters. The molecule has 0 aliphatic rings. The molecule has 1 rings (SSSR count). The van der Waals surface area contributed by atoms with E-state index in [9.17, 15) is 18.0 Å². The third-order valence-electron chi connectivity index (χ3n) is 1.59. The Morgan fingerprint density at radius 2 is 2.17 bits per heavy atom. The molecule has 0 radical (unpaired) electrons. The molecule has 0 saturated heterocycles. The summed E-state index contributed by atoms with van der Waals surface area (Å²) in [6.07, 6.45) is 0. The molecule has 0 spiro atoms. The molecular weight excluding hydrogens is 293 g/mol. The van der Waals surface area contributed by atoms with Crippen molar-refractivity contribution in [2.24, 2.45) is 0 Å². The maximum atomic E-state index is 11.9. The number of methoxy groups -OCH3 is 1. The quantitative estimate of drug-likeness (QED) is 0.444. The zero-order valence-corrected chi connectivity index (χ0v) is 10.8. The molecule has 0 aromatic carbocycles. The van der Waals surface area contributed by atoms with Gasteiger partial charge in [0.2, 0.25) is 5.16 Å². The van der Waals surface area contributed by atoms with Gasteiger partial charge < -0.3 is 4.74 Å². The van der Waals surface area contributed by atoms with Gasteiger partial charge in [-0.05, 0) is 10.4 Å². The van der Waals surface area contributed by atoms with Crippen LogP contribution in [0.5, 0.6) is 0 Å².